The molecule has 0 bridgehead atoms. The maximum Gasteiger partial charge on any atom is 0.248 e. The molecule has 1 aliphatic rings. The molecule has 1 aliphatic carbocycles. The fraction of sp³-hybridized carbons (Fsp3) is 0.778. The standard InChI is InChI=1S/C9H14F2N2OS/c10-9(11)3-1-6(2-4-9)8(14)13-5-7(12)15/h6H,1-5H2,(H2,12,15)(H,13,14). The Bertz CT molecular complexity index is 261. The fourth-order valence-corrected chi connectivity index (χ4v) is 1.69. The molecule has 1 amide bonds. The number of nitrogens with two attached hydrogens (primary N) is 1. The first-order chi connectivity index (χ1) is 6.91. The summed E-state index contributed by atoms with van der Waals surface area (Å²) in [4.78, 5) is 11.6. The van der Waals surface area contributed by atoms with Crippen molar-refractivity contribution in [2.45, 2.75) is 31.6 Å². The summed E-state index contributed by atoms with van der Waals surface area (Å²) in [6, 6.07) is 0. The quantitative estimate of drug-likeness (QED) is 0.724. The molecular weight excluding hydrogens is 222 g/mol. The molecule has 0 saturated heterocycles. The first-order valence-electron chi connectivity index (χ1n) is 4.84. The highest BCUT2D eigenvalue weighted by Crippen LogP contribution is 2.35. The topological polar surface area (TPSA) is 55.1 Å². The van der Waals surface area contributed by atoms with Crippen LogP contribution in [0.4, 0.5) is 8.78 Å². The molecule has 0 spiro atoms. The third kappa shape index (κ3) is 4.07. The number of nitrogens with one attached hydrogen (secondary N) is 1. The lowest BCUT2D eigenvalue weighted by atomic mass is 9.86. The van der Waals surface area contributed by atoms with E-state index < -0.39 is 5.92 Å². The summed E-state index contributed by atoms with van der Waals surface area (Å²) in [6.45, 7) is 0.140. The molecule has 15 heavy (non-hydrogen) atoms. The number of hydrogen-bond acceptors (Lipinski definition) is 2. The van der Waals surface area contributed by atoms with Crippen LogP contribution >= 0.6 is 12.2 Å². The van der Waals surface area contributed by atoms with Gasteiger partial charge in [-0.2, -0.15) is 0 Å². The molecule has 6 heteroatoms. The molecule has 0 heterocycles. The van der Waals surface area contributed by atoms with E-state index in [9.17, 15) is 13.6 Å². The maximum atomic E-state index is 12.8. The second kappa shape index (κ2) is 4.83. The predicted octanol–water partition coefficient (Wildman–Crippen LogP) is 1.21. The van der Waals surface area contributed by atoms with Crippen molar-refractivity contribution in [1.82, 2.24) is 5.32 Å². The number of amides is 1. The zero-order valence-corrected chi connectivity index (χ0v) is 9.08. The van der Waals surface area contributed by atoms with E-state index in [0.717, 1.165) is 0 Å². The highest BCUT2D eigenvalue weighted by molar-refractivity contribution is 7.80. The van der Waals surface area contributed by atoms with Crippen molar-refractivity contribution < 1.29 is 13.6 Å². The van der Waals surface area contributed by atoms with E-state index in [1.165, 1.54) is 0 Å². The van der Waals surface area contributed by atoms with Crippen molar-refractivity contribution in [2.24, 2.45) is 11.7 Å². The van der Waals surface area contributed by atoms with Crippen molar-refractivity contribution >= 4 is 23.1 Å². The summed E-state index contributed by atoms with van der Waals surface area (Å²) in [5.74, 6) is -3.14. The van der Waals surface area contributed by atoms with Crippen molar-refractivity contribution in [3.8, 4) is 0 Å². The van der Waals surface area contributed by atoms with Crippen molar-refractivity contribution in [1.29, 1.82) is 0 Å². The third-order valence-electron chi connectivity index (χ3n) is 2.52. The highest BCUT2D eigenvalue weighted by atomic mass is 32.1. The van der Waals surface area contributed by atoms with E-state index in [4.69, 9.17) is 5.73 Å². The highest BCUT2D eigenvalue weighted by Gasteiger charge is 2.37. The third-order valence-corrected chi connectivity index (χ3v) is 2.67. The van der Waals surface area contributed by atoms with Crippen LogP contribution < -0.4 is 11.1 Å². The van der Waals surface area contributed by atoms with Crippen LogP contribution in [0.2, 0.25) is 0 Å². The molecule has 1 saturated carbocycles. The molecule has 1 fully saturated rings. The predicted molar refractivity (Wildman–Crippen MR) is 56.7 cm³/mol. The summed E-state index contributed by atoms with van der Waals surface area (Å²) in [7, 11) is 0. The SMILES string of the molecule is NC(=S)CNC(=O)C1CCC(F)(F)CC1. The minimum Gasteiger partial charge on any atom is -0.392 e. The van der Waals surface area contributed by atoms with E-state index in [2.05, 4.69) is 17.5 Å². The summed E-state index contributed by atoms with van der Waals surface area (Å²) in [5, 5.41) is 2.53. The van der Waals surface area contributed by atoms with Gasteiger partial charge in [0.25, 0.3) is 0 Å². The van der Waals surface area contributed by atoms with Gasteiger partial charge in [-0.05, 0) is 12.8 Å². The van der Waals surface area contributed by atoms with E-state index in [1.54, 1.807) is 0 Å². The minimum atomic E-state index is -2.60. The van der Waals surface area contributed by atoms with Gasteiger partial charge in [-0.3, -0.25) is 4.79 Å². The Morgan fingerprint density at radius 1 is 1.47 bits per heavy atom. The summed E-state index contributed by atoms with van der Waals surface area (Å²) >= 11 is 4.59. The Morgan fingerprint density at radius 2 is 2.00 bits per heavy atom. The van der Waals surface area contributed by atoms with Crippen LogP contribution in [0.25, 0.3) is 0 Å². The molecular formula is C9H14F2N2OS. The molecule has 0 radical (unpaired) electrons. The fourth-order valence-electron chi connectivity index (χ4n) is 1.62. The van der Waals surface area contributed by atoms with Crippen LogP contribution in [0.1, 0.15) is 25.7 Å². The van der Waals surface area contributed by atoms with Crippen molar-refractivity contribution in [3.05, 3.63) is 0 Å². The van der Waals surface area contributed by atoms with Gasteiger partial charge in [0.1, 0.15) is 0 Å². The normalized spacial score (nSPS) is 20.9. The van der Waals surface area contributed by atoms with Crippen LogP contribution in [-0.2, 0) is 4.79 Å². The number of carbonyl (C=O) groups excluding carboxylic acids is 1. The van der Waals surface area contributed by atoms with E-state index in [0.29, 0.717) is 0 Å². The van der Waals surface area contributed by atoms with Gasteiger partial charge in [0.15, 0.2) is 0 Å². The molecule has 0 aromatic carbocycles. The van der Waals surface area contributed by atoms with E-state index in [-0.39, 0.29) is 49.0 Å². The minimum absolute atomic E-state index is 0.140. The second-order valence-corrected chi connectivity index (χ2v) is 4.34. The monoisotopic (exact) mass is 236 g/mol. The van der Waals surface area contributed by atoms with Gasteiger partial charge < -0.3 is 11.1 Å². The number of rotatable bonds is 3. The van der Waals surface area contributed by atoms with E-state index in [1.807, 2.05) is 0 Å². The van der Waals surface area contributed by atoms with Crippen LogP contribution in [0.5, 0.6) is 0 Å². The van der Waals surface area contributed by atoms with Gasteiger partial charge in [-0.15, -0.1) is 0 Å². The molecule has 0 aromatic rings. The zero-order chi connectivity index (χ0) is 11.5. The van der Waals surface area contributed by atoms with Crippen LogP contribution in [-0.4, -0.2) is 23.4 Å². The molecule has 0 aromatic heterocycles. The Kier molecular flexibility index (Phi) is 3.96. The number of alkyl halides is 2. The van der Waals surface area contributed by atoms with Gasteiger partial charge >= 0.3 is 0 Å². The number of hydrogen-bond donors (Lipinski definition) is 2. The summed E-state index contributed by atoms with van der Waals surface area (Å²) in [6.07, 6.45) is 0.0443. The second-order valence-electron chi connectivity index (χ2n) is 3.81. The lowest BCUT2D eigenvalue weighted by molar-refractivity contribution is -0.128. The zero-order valence-electron chi connectivity index (χ0n) is 8.26. The average molecular weight is 236 g/mol. The molecule has 86 valence electrons. The Balaban J connectivity index is 2.33. The number of thiocarbonyl (C=S) groups is 1. The van der Waals surface area contributed by atoms with Gasteiger partial charge in [0, 0.05) is 18.8 Å². The largest absolute Gasteiger partial charge is 0.392 e. The maximum absolute atomic E-state index is 12.8. The smallest absolute Gasteiger partial charge is 0.248 e. The summed E-state index contributed by atoms with van der Waals surface area (Å²) in [5.41, 5.74) is 5.21. The van der Waals surface area contributed by atoms with Crippen LogP contribution in [0, 0.1) is 5.92 Å². The van der Waals surface area contributed by atoms with Gasteiger partial charge in [-0.1, -0.05) is 12.2 Å². The average Bonchev–Trinajstić information content (AvgIpc) is 2.14. The number of halogens is 2. The first-order valence-corrected chi connectivity index (χ1v) is 5.25. The molecule has 0 atom stereocenters. The molecule has 3 N–H and O–H groups in total. The Morgan fingerprint density at radius 3 is 2.47 bits per heavy atom. The Labute approximate surface area is 92.4 Å². The number of carbonyl (C=O) groups is 1. The Hall–Kier alpha value is -0.780. The first kappa shape index (κ1) is 12.3. The van der Waals surface area contributed by atoms with E-state index >= 15 is 0 Å². The molecule has 0 unspecified atom stereocenters. The van der Waals surface area contributed by atoms with Gasteiger partial charge in [0.05, 0.1) is 11.5 Å². The lowest BCUT2D eigenvalue weighted by Crippen LogP contribution is -2.39. The van der Waals surface area contributed by atoms with Crippen LogP contribution in [0.15, 0.2) is 0 Å². The molecule has 0 aliphatic heterocycles. The van der Waals surface area contributed by atoms with Gasteiger partial charge in [0.2, 0.25) is 11.8 Å². The lowest BCUT2D eigenvalue weighted by Gasteiger charge is -2.27. The van der Waals surface area contributed by atoms with Gasteiger partial charge in [-0.25, -0.2) is 8.78 Å². The molecule has 1 rings (SSSR count). The summed E-state index contributed by atoms with van der Waals surface area (Å²) < 4.78 is 25.6. The van der Waals surface area contributed by atoms with Crippen LogP contribution in [0.3, 0.4) is 0 Å². The van der Waals surface area contributed by atoms with Crippen molar-refractivity contribution in [3.63, 3.8) is 0 Å². The molecule has 3 nitrogen and oxygen atoms in total. The van der Waals surface area contributed by atoms with Crippen molar-refractivity contribution in [2.75, 3.05) is 6.54 Å².